The monoisotopic (exact) mass is 279 g/mol. The molecule has 0 fully saturated rings. The maximum absolute atomic E-state index is 5.51. The lowest BCUT2D eigenvalue weighted by molar-refractivity contribution is 0.817. The van der Waals surface area contributed by atoms with E-state index in [9.17, 15) is 0 Å². The number of nitrogens with zero attached hydrogens (tertiary/aromatic N) is 3. The van der Waals surface area contributed by atoms with Gasteiger partial charge in [0.05, 0.1) is 5.52 Å². The molecule has 0 spiro atoms. The van der Waals surface area contributed by atoms with E-state index in [1.807, 2.05) is 36.4 Å². The van der Waals surface area contributed by atoms with Crippen molar-refractivity contribution in [2.24, 2.45) is 5.84 Å². The van der Waals surface area contributed by atoms with E-state index in [4.69, 9.17) is 5.84 Å². The van der Waals surface area contributed by atoms with Crippen LogP contribution in [0, 0.1) is 0 Å². The predicted molar refractivity (Wildman–Crippen MR) is 84.7 cm³/mol. The fraction of sp³-hybridized carbons (Fsp3) is 0.188. The molecule has 0 aliphatic carbocycles. The Kier molecular flexibility index (Phi) is 3.50. The van der Waals surface area contributed by atoms with Crippen molar-refractivity contribution in [3.63, 3.8) is 0 Å². The van der Waals surface area contributed by atoms with Crippen LogP contribution in [0.3, 0.4) is 0 Å². The summed E-state index contributed by atoms with van der Waals surface area (Å²) in [7, 11) is 0. The maximum Gasteiger partial charge on any atom is 0.161 e. The van der Waals surface area contributed by atoms with Gasteiger partial charge >= 0.3 is 0 Å². The molecule has 0 saturated carbocycles. The summed E-state index contributed by atoms with van der Waals surface area (Å²) in [5, 5.41) is 1.07. The van der Waals surface area contributed by atoms with Gasteiger partial charge in [-0.3, -0.25) is 4.98 Å². The van der Waals surface area contributed by atoms with E-state index in [-0.39, 0.29) is 0 Å². The molecule has 3 aromatic rings. The fourth-order valence-electron chi connectivity index (χ4n) is 2.18. The third kappa shape index (κ3) is 2.68. The van der Waals surface area contributed by atoms with E-state index in [2.05, 4.69) is 34.2 Å². The van der Waals surface area contributed by atoms with Crippen molar-refractivity contribution < 1.29 is 0 Å². The third-order valence-corrected chi connectivity index (χ3v) is 3.35. The minimum Gasteiger partial charge on any atom is -0.308 e. The summed E-state index contributed by atoms with van der Waals surface area (Å²) in [6, 6.07) is 11.8. The summed E-state index contributed by atoms with van der Waals surface area (Å²) in [5.41, 5.74) is 5.47. The van der Waals surface area contributed by atoms with Gasteiger partial charge in [0, 0.05) is 28.9 Å². The van der Waals surface area contributed by atoms with Crippen molar-refractivity contribution in [1.29, 1.82) is 0 Å². The normalized spacial score (nSPS) is 11.0. The average Bonchev–Trinajstić information content (AvgIpc) is 2.53. The summed E-state index contributed by atoms with van der Waals surface area (Å²) in [5.74, 6) is 7.10. The summed E-state index contributed by atoms with van der Waals surface area (Å²) >= 11 is 0. The standard InChI is InChI=1S/C16H17N5/c1-10(2)14-9-15(21-17)20-16(19-14)12-5-6-13-11(8-12)4-3-7-18-13/h3-10H,17H2,1-2H3,(H,19,20,21). The number of fused-ring (bicyclic) bond motifs is 1. The molecule has 2 aromatic heterocycles. The number of rotatable bonds is 3. The van der Waals surface area contributed by atoms with Gasteiger partial charge in [-0.2, -0.15) is 0 Å². The molecule has 21 heavy (non-hydrogen) atoms. The first-order valence-electron chi connectivity index (χ1n) is 6.88. The van der Waals surface area contributed by atoms with Crippen molar-refractivity contribution in [3.8, 4) is 11.4 Å². The predicted octanol–water partition coefficient (Wildman–Crippen LogP) is 3.10. The smallest absolute Gasteiger partial charge is 0.161 e. The lowest BCUT2D eigenvalue weighted by Gasteiger charge is -2.10. The van der Waals surface area contributed by atoms with E-state index in [0.717, 1.165) is 22.2 Å². The molecule has 5 nitrogen and oxygen atoms in total. The summed E-state index contributed by atoms with van der Waals surface area (Å²) in [6.45, 7) is 4.19. The van der Waals surface area contributed by atoms with Gasteiger partial charge in [-0.1, -0.05) is 19.9 Å². The Morgan fingerprint density at radius 3 is 2.71 bits per heavy atom. The van der Waals surface area contributed by atoms with Crippen LogP contribution >= 0.6 is 0 Å². The molecular weight excluding hydrogens is 262 g/mol. The van der Waals surface area contributed by atoms with Gasteiger partial charge in [0.25, 0.3) is 0 Å². The third-order valence-electron chi connectivity index (χ3n) is 3.35. The summed E-state index contributed by atoms with van der Waals surface area (Å²) in [4.78, 5) is 13.4. The molecule has 0 aliphatic heterocycles. The molecule has 3 N–H and O–H groups in total. The molecule has 106 valence electrons. The average molecular weight is 279 g/mol. The number of nitrogens with one attached hydrogen (secondary N) is 1. The first-order valence-corrected chi connectivity index (χ1v) is 6.88. The first kappa shape index (κ1) is 13.5. The Balaban J connectivity index is 2.14. The molecule has 0 unspecified atom stereocenters. The molecule has 0 atom stereocenters. The van der Waals surface area contributed by atoms with Crippen molar-refractivity contribution in [1.82, 2.24) is 15.0 Å². The van der Waals surface area contributed by atoms with Crippen molar-refractivity contribution in [2.45, 2.75) is 19.8 Å². The number of hydrogen-bond acceptors (Lipinski definition) is 5. The van der Waals surface area contributed by atoms with Gasteiger partial charge in [0.1, 0.15) is 5.82 Å². The fourth-order valence-corrected chi connectivity index (χ4v) is 2.18. The molecule has 0 saturated heterocycles. The van der Waals surface area contributed by atoms with Gasteiger partial charge in [0.2, 0.25) is 0 Å². The quantitative estimate of drug-likeness (QED) is 0.569. The van der Waals surface area contributed by atoms with E-state index in [1.54, 1.807) is 6.20 Å². The van der Waals surface area contributed by atoms with E-state index >= 15 is 0 Å². The Morgan fingerprint density at radius 2 is 1.95 bits per heavy atom. The number of nitrogen functional groups attached to an aromatic ring is 1. The minimum atomic E-state index is 0.306. The highest BCUT2D eigenvalue weighted by Gasteiger charge is 2.09. The lowest BCUT2D eigenvalue weighted by Crippen LogP contribution is -2.11. The first-order chi connectivity index (χ1) is 10.2. The van der Waals surface area contributed by atoms with E-state index < -0.39 is 0 Å². The number of benzene rings is 1. The van der Waals surface area contributed by atoms with Crippen LogP contribution in [0.15, 0.2) is 42.6 Å². The Bertz CT molecular complexity index is 782. The number of anilines is 1. The molecule has 0 aliphatic rings. The second kappa shape index (κ2) is 5.46. The molecule has 2 heterocycles. The highest BCUT2D eigenvalue weighted by Crippen LogP contribution is 2.24. The van der Waals surface area contributed by atoms with E-state index in [0.29, 0.717) is 17.6 Å². The van der Waals surface area contributed by atoms with Crippen LogP contribution in [0.2, 0.25) is 0 Å². The maximum atomic E-state index is 5.51. The van der Waals surface area contributed by atoms with E-state index in [1.165, 1.54) is 0 Å². The highest BCUT2D eigenvalue weighted by atomic mass is 15.3. The van der Waals surface area contributed by atoms with Crippen LogP contribution in [-0.2, 0) is 0 Å². The summed E-state index contributed by atoms with van der Waals surface area (Å²) in [6.07, 6.45) is 1.79. The number of hydrogen-bond donors (Lipinski definition) is 2. The van der Waals surface area contributed by atoms with Crippen molar-refractivity contribution >= 4 is 16.7 Å². The highest BCUT2D eigenvalue weighted by molar-refractivity contribution is 5.83. The zero-order chi connectivity index (χ0) is 14.8. The van der Waals surface area contributed by atoms with Gasteiger partial charge in [0.15, 0.2) is 5.82 Å². The van der Waals surface area contributed by atoms with Gasteiger partial charge < -0.3 is 5.43 Å². The zero-order valence-electron chi connectivity index (χ0n) is 12.0. The van der Waals surface area contributed by atoms with Gasteiger partial charge in [-0.05, 0) is 30.2 Å². The van der Waals surface area contributed by atoms with Gasteiger partial charge in [-0.25, -0.2) is 15.8 Å². The molecule has 0 amide bonds. The van der Waals surface area contributed by atoms with Crippen LogP contribution in [0.4, 0.5) is 5.82 Å². The van der Waals surface area contributed by atoms with Crippen LogP contribution in [0.1, 0.15) is 25.5 Å². The van der Waals surface area contributed by atoms with Crippen LogP contribution in [0.5, 0.6) is 0 Å². The second-order valence-corrected chi connectivity index (χ2v) is 5.21. The van der Waals surface area contributed by atoms with Crippen molar-refractivity contribution in [2.75, 3.05) is 5.43 Å². The molecule has 5 heteroatoms. The summed E-state index contributed by atoms with van der Waals surface area (Å²) < 4.78 is 0. The second-order valence-electron chi connectivity index (χ2n) is 5.21. The zero-order valence-corrected chi connectivity index (χ0v) is 12.0. The van der Waals surface area contributed by atoms with Crippen LogP contribution in [0.25, 0.3) is 22.3 Å². The molecular formula is C16H17N5. The lowest BCUT2D eigenvalue weighted by atomic mass is 10.1. The number of pyridine rings is 1. The Labute approximate surface area is 123 Å². The number of nitrogens with two attached hydrogens (primary N) is 1. The van der Waals surface area contributed by atoms with Gasteiger partial charge in [-0.15, -0.1) is 0 Å². The molecule has 1 aromatic carbocycles. The Hall–Kier alpha value is -2.53. The molecule has 0 bridgehead atoms. The number of aromatic nitrogens is 3. The van der Waals surface area contributed by atoms with Crippen molar-refractivity contribution in [3.05, 3.63) is 48.3 Å². The topological polar surface area (TPSA) is 76.7 Å². The molecule has 3 rings (SSSR count). The van der Waals surface area contributed by atoms with Crippen LogP contribution in [-0.4, -0.2) is 15.0 Å². The SMILES string of the molecule is CC(C)c1cc(NN)nc(-c2ccc3ncccc3c2)n1. The minimum absolute atomic E-state index is 0.306. The Morgan fingerprint density at radius 1 is 1.10 bits per heavy atom. The number of hydrazine groups is 1. The largest absolute Gasteiger partial charge is 0.308 e. The molecule has 0 radical (unpaired) electrons. The van der Waals surface area contributed by atoms with Crippen LogP contribution < -0.4 is 11.3 Å².